The molecule has 1 aromatic carbocycles. The Morgan fingerprint density at radius 1 is 1.38 bits per heavy atom. The first kappa shape index (κ1) is 12.7. The molecule has 0 unspecified atom stereocenters. The number of aryl methyl sites for hydroxylation is 1. The van der Waals surface area contributed by atoms with E-state index in [2.05, 4.69) is 0 Å². The lowest BCUT2D eigenvalue weighted by Crippen LogP contribution is -2.15. The third-order valence-corrected chi connectivity index (χ3v) is 2.24. The maximum Gasteiger partial charge on any atom is 0.338 e. The van der Waals surface area contributed by atoms with Crippen LogP contribution in [0.25, 0.3) is 0 Å². The zero-order valence-electron chi connectivity index (χ0n) is 10.4. The van der Waals surface area contributed by atoms with Crippen LogP contribution in [0, 0.1) is 6.92 Å². The highest BCUT2D eigenvalue weighted by molar-refractivity contribution is 5.91. The largest absolute Gasteiger partial charge is 0.462 e. The van der Waals surface area contributed by atoms with Gasteiger partial charge in [-0.1, -0.05) is 17.7 Å². The Morgan fingerprint density at radius 2 is 2.06 bits per heavy atom. The maximum absolute atomic E-state index is 11.7. The number of esters is 1. The molecule has 1 aromatic rings. The molecular weight excluding hydrogens is 202 g/mol. The van der Waals surface area contributed by atoms with E-state index in [0.717, 1.165) is 17.7 Å². The lowest BCUT2D eigenvalue weighted by Gasteiger charge is -2.14. The van der Waals surface area contributed by atoms with E-state index in [9.17, 15) is 4.79 Å². The summed E-state index contributed by atoms with van der Waals surface area (Å²) in [5, 5.41) is 0. The van der Waals surface area contributed by atoms with Crippen molar-refractivity contribution in [2.45, 2.75) is 20.4 Å². The average Bonchev–Trinajstić information content (AvgIpc) is 2.16. The van der Waals surface area contributed by atoms with E-state index >= 15 is 0 Å². The van der Waals surface area contributed by atoms with Crippen LogP contribution in [-0.2, 0) is 11.3 Å². The molecule has 0 N–H and O–H groups in total. The Hall–Kier alpha value is -1.35. The van der Waals surface area contributed by atoms with E-state index in [1.807, 2.05) is 51.0 Å². The molecule has 88 valence electrons. The smallest absolute Gasteiger partial charge is 0.338 e. The summed E-state index contributed by atoms with van der Waals surface area (Å²) in [6.07, 6.45) is 0. The number of carbonyl (C=O) groups is 1. The molecule has 0 aromatic heterocycles. The van der Waals surface area contributed by atoms with Crippen molar-refractivity contribution in [3.63, 3.8) is 0 Å². The summed E-state index contributed by atoms with van der Waals surface area (Å²) in [6.45, 7) is 5.00. The SMILES string of the molecule is CCOC(=O)c1ccc(C)cc1CN(C)C. The van der Waals surface area contributed by atoms with Gasteiger partial charge in [0.25, 0.3) is 0 Å². The summed E-state index contributed by atoms with van der Waals surface area (Å²) < 4.78 is 5.03. The predicted molar refractivity (Wildman–Crippen MR) is 64.5 cm³/mol. The van der Waals surface area contributed by atoms with Crippen LogP contribution in [0.3, 0.4) is 0 Å². The minimum absolute atomic E-state index is 0.237. The summed E-state index contributed by atoms with van der Waals surface area (Å²) in [5.41, 5.74) is 2.84. The Morgan fingerprint density at radius 3 is 2.62 bits per heavy atom. The fourth-order valence-electron chi connectivity index (χ4n) is 1.60. The van der Waals surface area contributed by atoms with Gasteiger partial charge in [0.05, 0.1) is 12.2 Å². The zero-order chi connectivity index (χ0) is 12.1. The molecule has 0 aliphatic rings. The highest BCUT2D eigenvalue weighted by Crippen LogP contribution is 2.14. The van der Waals surface area contributed by atoms with Crippen LogP contribution < -0.4 is 0 Å². The lowest BCUT2D eigenvalue weighted by atomic mass is 10.0. The fourth-order valence-corrected chi connectivity index (χ4v) is 1.60. The average molecular weight is 221 g/mol. The van der Waals surface area contributed by atoms with Crippen LogP contribution >= 0.6 is 0 Å². The number of carbonyl (C=O) groups excluding carboxylic acids is 1. The third-order valence-electron chi connectivity index (χ3n) is 2.24. The van der Waals surface area contributed by atoms with Crippen LogP contribution in [0.2, 0.25) is 0 Å². The predicted octanol–water partition coefficient (Wildman–Crippen LogP) is 2.23. The van der Waals surface area contributed by atoms with Crippen molar-refractivity contribution in [1.29, 1.82) is 0 Å². The first-order chi connectivity index (χ1) is 7.54. The van der Waals surface area contributed by atoms with Crippen LogP contribution in [0.1, 0.15) is 28.4 Å². The molecule has 16 heavy (non-hydrogen) atoms. The number of nitrogens with zero attached hydrogens (tertiary/aromatic N) is 1. The van der Waals surface area contributed by atoms with Gasteiger partial charge in [0, 0.05) is 6.54 Å². The molecular formula is C13H19NO2. The van der Waals surface area contributed by atoms with Crippen molar-refractivity contribution < 1.29 is 9.53 Å². The van der Waals surface area contributed by atoms with Crippen LogP contribution in [-0.4, -0.2) is 31.6 Å². The molecule has 0 aliphatic heterocycles. The summed E-state index contributed by atoms with van der Waals surface area (Å²) in [5.74, 6) is -0.237. The molecule has 3 heteroatoms. The number of ether oxygens (including phenoxy) is 1. The third kappa shape index (κ3) is 3.35. The Bertz CT molecular complexity index is 372. The molecule has 1 rings (SSSR count). The standard InChI is InChI=1S/C13H19NO2/c1-5-16-13(15)12-7-6-10(2)8-11(12)9-14(3)4/h6-8H,5,9H2,1-4H3. The van der Waals surface area contributed by atoms with Crippen molar-refractivity contribution in [3.8, 4) is 0 Å². The van der Waals surface area contributed by atoms with Crippen LogP contribution in [0.15, 0.2) is 18.2 Å². The highest BCUT2D eigenvalue weighted by atomic mass is 16.5. The van der Waals surface area contributed by atoms with Crippen molar-refractivity contribution in [2.24, 2.45) is 0 Å². The second kappa shape index (κ2) is 5.66. The Kier molecular flexibility index (Phi) is 4.50. The molecule has 0 heterocycles. The first-order valence-electron chi connectivity index (χ1n) is 5.46. The second-order valence-corrected chi connectivity index (χ2v) is 4.12. The minimum Gasteiger partial charge on any atom is -0.462 e. The van der Waals surface area contributed by atoms with Gasteiger partial charge in [0.15, 0.2) is 0 Å². The van der Waals surface area contributed by atoms with Crippen molar-refractivity contribution >= 4 is 5.97 Å². The minimum atomic E-state index is -0.237. The van der Waals surface area contributed by atoms with E-state index in [4.69, 9.17) is 4.74 Å². The molecule has 0 bridgehead atoms. The molecule has 0 saturated heterocycles. The normalized spacial score (nSPS) is 10.6. The van der Waals surface area contributed by atoms with E-state index in [-0.39, 0.29) is 5.97 Å². The molecule has 0 fully saturated rings. The lowest BCUT2D eigenvalue weighted by molar-refractivity contribution is 0.0524. The monoisotopic (exact) mass is 221 g/mol. The van der Waals surface area contributed by atoms with E-state index in [1.165, 1.54) is 0 Å². The van der Waals surface area contributed by atoms with Crippen molar-refractivity contribution in [1.82, 2.24) is 4.90 Å². The Labute approximate surface area is 97.0 Å². The number of benzene rings is 1. The van der Waals surface area contributed by atoms with Gasteiger partial charge in [-0.25, -0.2) is 4.79 Å². The van der Waals surface area contributed by atoms with Gasteiger partial charge in [-0.2, -0.15) is 0 Å². The van der Waals surface area contributed by atoms with E-state index in [1.54, 1.807) is 0 Å². The van der Waals surface area contributed by atoms with Crippen LogP contribution in [0.5, 0.6) is 0 Å². The zero-order valence-corrected chi connectivity index (χ0v) is 10.4. The maximum atomic E-state index is 11.7. The van der Waals surface area contributed by atoms with Gasteiger partial charge in [-0.3, -0.25) is 0 Å². The topological polar surface area (TPSA) is 29.5 Å². The summed E-state index contributed by atoms with van der Waals surface area (Å²) in [7, 11) is 3.97. The summed E-state index contributed by atoms with van der Waals surface area (Å²) in [6, 6.07) is 5.81. The Balaban J connectivity index is 3.02. The van der Waals surface area contributed by atoms with Crippen molar-refractivity contribution in [3.05, 3.63) is 34.9 Å². The van der Waals surface area contributed by atoms with Crippen molar-refractivity contribution in [2.75, 3.05) is 20.7 Å². The summed E-state index contributed by atoms with van der Waals surface area (Å²) >= 11 is 0. The second-order valence-electron chi connectivity index (χ2n) is 4.12. The molecule has 0 atom stereocenters. The van der Waals surface area contributed by atoms with Crippen LogP contribution in [0.4, 0.5) is 0 Å². The van der Waals surface area contributed by atoms with Gasteiger partial charge in [0.2, 0.25) is 0 Å². The molecule has 3 nitrogen and oxygen atoms in total. The van der Waals surface area contributed by atoms with Gasteiger partial charge < -0.3 is 9.64 Å². The summed E-state index contributed by atoms with van der Waals surface area (Å²) in [4.78, 5) is 13.8. The van der Waals surface area contributed by atoms with Gasteiger partial charge in [-0.15, -0.1) is 0 Å². The number of hydrogen-bond donors (Lipinski definition) is 0. The number of hydrogen-bond acceptors (Lipinski definition) is 3. The van der Waals surface area contributed by atoms with Gasteiger partial charge in [0.1, 0.15) is 0 Å². The fraction of sp³-hybridized carbons (Fsp3) is 0.462. The van der Waals surface area contributed by atoms with E-state index in [0.29, 0.717) is 12.2 Å². The first-order valence-corrected chi connectivity index (χ1v) is 5.46. The molecule has 0 amide bonds. The quantitative estimate of drug-likeness (QED) is 0.730. The van der Waals surface area contributed by atoms with Gasteiger partial charge >= 0.3 is 5.97 Å². The molecule has 0 aliphatic carbocycles. The molecule has 0 radical (unpaired) electrons. The number of rotatable bonds is 4. The van der Waals surface area contributed by atoms with Gasteiger partial charge in [-0.05, 0) is 39.6 Å². The molecule has 0 spiro atoms. The highest BCUT2D eigenvalue weighted by Gasteiger charge is 2.12. The van der Waals surface area contributed by atoms with E-state index < -0.39 is 0 Å². The molecule has 0 saturated carbocycles.